The maximum absolute atomic E-state index is 12.8. The zero-order valence-corrected chi connectivity index (χ0v) is 19.9. The molecule has 1 aliphatic rings. The Morgan fingerprint density at radius 1 is 0.694 bits per heavy atom. The Morgan fingerprint density at radius 3 is 1.86 bits per heavy atom. The van der Waals surface area contributed by atoms with Gasteiger partial charge < -0.3 is 24.1 Å². The normalized spacial score (nSPS) is 20.8. The predicted molar refractivity (Wildman–Crippen MR) is 131 cm³/mol. The van der Waals surface area contributed by atoms with Crippen molar-refractivity contribution in [1.82, 2.24) is 0 Å². The van der Waals surface area contributed by atoms with Crippen LogP contribution in [0.5, 0.6) is 0 Å². The molecule has 9 heteroatoms. The standard InChI is InChI=1S/C27H24O8S/c28-24(19-12-6-2-7-13-19)32-17-21-22(34-25(29)20-14-8-3-9-15-20)23(26(30)36-21)35-27(31)33-16-18-10-4-1-5-11-18/h1-15,21-23,26,30H,16-17H2/t21-,22+,23-,26?/m0/s1. The monoisotopic (exact) mass is 508 g/mol. The minimum absolute atomic E-state index is 0.0256. The Morgan fingerprint density at radius 2 is 1.25 bits per heavy atom. The topological polar surface area (TPSA) is 108 Å². The maximum Gasteiger partial charge on any atom is 0.509 e. The van der Waals surface area contributed by atoms with Gasteiger partial charge in [0.25, 0.3) is 0 Å². The van der Waals surface area contributed by atoms with E-state index in [1.807, 2.05) is 18.2 Å². The number of rotatable bonds is 8. The second-order valence-corrected chi connectivity index (χ2v) is 9.23. The molecule has 1 unspecified atom stereocenters. The zero-order chi connectivity index (χ0) is 25.3. The van der Waals surface area contributed by atoms with Crippen LogP contribution < -0.4 is 0 Å². The lowest BCUT2D eigenvalue weighted by molar-refractivity contribution is -0.0675. The van der Waals surface area contributed by atoms with Crippen molar-refractivity contribution >= 4 is 29.9 Å². The summed E-state index contributed by atoms with van der Waals surface area (Å²) in [5, 5.41) is 9.94. The van der Waals surface area contributed by atoms with Gasteiger partial charge in [-0.3, -0.25) is 0 Å². The van der Waals surface area contributed by atoms with Crippen LogP contribution in [0.2, 0.25) is 0 Å². The van der Waals surface area contributed by atoms with E-state index < -0.39 is 41.0 Å². The van der Waals surface area contributed by atoms with Crippen LogP contribution in [-0.4, -0.2) is 52.7 Å². The fraction of sp³-hybridized carbons (Fsp3) is 0.222. The molecule has 0 aromatic heterocycles. The number of aliphatic hydroxyl groups excluding tert-OH is 1. The van der Waals surface area contributed by atoms with E-state index in [9.17, 15) is 19.5 Å². The number of esters is 2. The largest absolute Gasteiger partial charge is 0.509 e. The molecule has 186 valence electrons. The van der Waals surface area contributed by atoms with Gasteiger partial charge in [0.05, 0.1) is 16.4 Å². The van der Waals surface area contributed by atoms with E-state index in [1.165, 1.54) is 0 Å². The van der Waals surface area contributed by atoms with Crippen molar-refractivity contribution < 1.29 is 38.4 Å². The maximum atomic E-state index is 12.8. The van der Waals surface area contributed by atoms with Gasteiger partial charge in [0.15, 0.2) is 12.2 Å². The summed E-state index contributed by atoms with van der Waals surface area (Å²) in [6.45, 7) is -0.205. The number of hydrogen-bond acceptors (Lipinski definition) is 9. The molecule has 8 nitrogen and oxygen atoms in total. The molecule has 0 amide bonds. The number of carbonyl (C=O) groups excluding carboxylic acids is 3. The van der Waals surface area contributed by atoms with Gasteiger partial charge in [-0.1, -0.05) is 66.7 Å². The van der Waals surface area contributed by atoms with Crippen molar-refractivity contribution in [3.8, 4) is 0 Å². The summed E-state index contributed by atoms with van der Waals surface area (Å²) < 4.78 is 21.6. The third-order valence-corrected chi connectivity index (χ3v) is 6.66. The van der Waals surface area contributed by atoms with Gasteiger partial charge in [0, 0.05) is 0 Å². The molecule has 3 aromatic rings. The van der Waals surface area contributed by atoms with Crippen LogP contribution in [0.4, 0.5) is 4.79 Å². The zero-order valence-electron chi connectivity index (χ0n) is 19.1. The Balaban J connectivity index is 1.44. The SMILES string of the molecule is O=C(OCc1ccccc1)O[C@@H]1C(O)S[C@@H](COC(=O)c2ccccc2)[C@H]1OC(=O)c1ccccc1. The quantitative estimate of drug-likeness (QED) is 0.353. The van der Waals surface area contributed by atoms with Crippen LogP contribution in [0.25, 0.3) is 0 Å². The lowest BCUT2D eigenvalue weighted by Gasteiger charge is -2.24. The van der Waals surface area contributed by atoms with E-state index in [0.717, 1.165) is 17.3 Å². The minimum atomic E-state index is -1.23. The Labute approximate surface area is 212 Å². The minimum Gasteiger partial charge on any atom is -0.461 e. The molecular formula is C27H24O8S. The number of benzene rings is 3. The first kappa shape index (κ1) is 25.3. The molecule has 4 atom stereocenters. The van der Waals surface area contributed by atoms with Crippen LogP contribution in [0.15, 0.2) is 91.0 Å². The van der Waals surface area contributed by atoms with E-state index in [2.05, 4.69) is 0 Å². The molecule has 1 N–H and O–H groups in total. The molecule has 0 bridgehead atoms. The lowest BCUT2D eigenvalue weighted by atomic mass is 10.1. The van der Waals surface area contributed by atoms with E-state index in [4.69, 9.17) is 18.9 Å². The molecule has 0 radical (unpaired) electrons. The highest BCUT2D eigenvalue weighted by Gasteiger charge is 2.49. The highest BCUT2D eigenvalue weighted by atomic mass is 32.2. The van der Waals surface area contributed by atoms with Gasteiger partial charge in [0.1, 0.15) is 18.6 Å². The molecule has 1 saturated heterocycles. The highest BCUT2D eigenvalue weighted by Crippen LogP contribution is 2.37. The van der Waals surface area contributed by atoms with E-state index in [-0.39, 0.29) is 18.8 Å². The predicted octanol–water partition coefficient (Wildman–Crippen LogP) is 4.22. The van der Waals surface area contributed by atoms with E-state index in [1.54, 1.807) is 72.8 Å². The van der Waals surface area contributed by atoms with Crippen molar-refractivity contribution in [2.24, 2.45) is 0 Å². The summed E-state index contributed by atoms with van der Waals surface area (Å²) >= 11 is 0.981. The number of hydrogen-bond donors (Lipinski definition) is 1. The van der Waals surface area contributed by atoms with Crippen LogP contribution >= 0.6 is 11.8 Å². The summed E-state index contributed by atoms with van der Waals surface area (Å²) in [7, 11) is 0. The molecular weight excluding hydrogens is 484 g/mol. The Bertz CT molecular complexity index is 1160. The average molecular weight is 509 g/mol. The summed E-state index contributed by atoms with van der Waals surface area (Å²) in [4.78, 5) is 37.6. The van der Waals surface area contributed by atoms with Crippen LogP contribution in [-0.2, 0) is 25.6 Å². The number of thioether (sulfide) groups is 1. The first-order chi connectivity index (χ1) is 17.5. The Kier molecular flexibility index (Phi) is 8.59. The van der Waals surface area contributed by atoms with Gasteiger partial charge in [-0.2, -0.15) is 0 Å². The summed E-state index contributed by atoms with van der Waals surface area (Å²) in [6, 6.07) is 25.7. The van der Waals surface area contributed by atoms with Crippen molar-refractivity contribution in [1.29, 1.82) is 0 Å². The van der Waals surface area contributed by atoms with Gasteiger partial charge in [-0.25, -0.2) is 14.4 Å². The fourth-order valence-corrected chi connectivity index (χ4v) is 4.79. The molecule has 36 heavy (non-hydrogen) atoms. The number of aliphatic hydroxyl groups is 1. The second-order valence-electron chi connectivity index (χ2n) is 7.87. The van der Waals surface area contributed by atoms with Crippen LogP contribution in [0.1, 0.15) is 26.3 Å². The third-order valence-electron chi connectivity index (χ3n) is 5.36. The summed E-state index contributed by atoms with van der Waals surface area (Å²) in [6.07, 6.45) is -3.34. The smallest absolute Gasteiger partial charge is 0.461 e. The number of ether oxygens (including phenoxy) is 4. The molecule has 0 saturated carbocycles. The van der Waals surface area contributed by atoms with Gasteiger partial charge in [0.2, 0.25) is 0 Å². The van der Waals surface area contributed by atoms with E-state index >= 15 is 0 Å². The summed E-state index contributed by atoms with van der Waals surface area (Å²) in [5.74, 6) is -1.23. The average Bonchev–Trinajstić information content (AvgIpc) is 3.21. The summed E-state index contributed by atoms with van der Waals surface area (Å²) in [5.41, 5.74) is 0.169. The van der Waals surface area contributed by atoms with Gasteiger partial charge >= 0.3 is 18.1 Å². The molecule has 0 spiro atoms. The van der Waals surface area contributed by atoms with Crippen LogP contribution in [0, 0.1) is 0 Å². The first-order valence-electron chi connectivity index (χ1n) is 11.2. The van der Waals surface area contributed by atoms with E-state index in [0.29, 0.717) is 5.56 Å². The van der Waals surface area contributed by atoms with Gasteiger partial charge in [-0.05, 0) is 29.8 Å². The van der Waals surface area contributed by atoms with Gasteiger partial charge in [-0.15, -0.1) is 11.8 Å². The van der Waals surface area contributed by atoms with Crippen molar-refractivity contribution in [2.75, 3.05) is 6.61 Å². The molecule has 4 rings (SSSR count). The van der Waals surface area contributed by atoms with Crippen LogP contribution in [0.3, 0.4) is 0 Å². The highest BCUT2D eigenvalue weighted by molar-refractivity contribution is 8.00. The fourth-order valence-electron chi connectivity index (χ4n) is 3.55. The second kappa shape index (κ2) is 12.2. The first-order valence-corrected chi connectivity index (χ1v) is 12.1. The molecule has 3 aromatic carbocycles. The Hall–Kier alpha value is -3.82. The third kappa shape index (κ3) is 6.65. The lowest BCUT2D eigenvalue weighted by Crippen LogP contribution is -2.42. The van der Waals surface area contributed by atoms with Crippen molar-refractivity contribution in [3.63, 3.8) is 0 Å². The number of carbonyl (C=O) groups is 3. The van der Waals surface area contributed by atoms with Crippen molar-refractivity contribution in [3.05, 3.63) is 108 Å². The molecule has 0 aliphatic carbocycles. The molecule has 1 heterocycles. The molecule has 1 fully saturated rings. The molecule has 1 aliphatic heterocycles. The van der Waals surface area contributed by atoms with Crippen molar-refractivity contribution in [2.45, 2.75) is 29.5 Å².